The van der Waals surface area contributed by atoms with Gasteiger partial charge < -0.3 is 4.74 Å². The van der Waals surface area contributed by atoms with Gasteiger partial charge in [-0.1, -0.05) is 0 Å². The van der Waals surface area contributed by atoms with Crippen LogP contribution in [0.4, 0.5) is 4.39 Å². The average molecular weight is 273 g/mol. The smallest absolute Gasteiger partial charge is 0.165 e. The number of benzene rings is 1. The molecule has 0 spiro atoms. The second-order valence-electron chi connectivity index (χ2n) is 4.51. The first-order valence-electron chi connectivity index (χ1n) is 6.49. The van der Waals surface area contributed by atoms with Gasteiger partial charge in [0.05, 0.1) is 6.61 Å². The summed E-state index contributed by atoms with van der Waals surface area (Å²) in [5.74, 6) is -0.473. The number of carbonyl (C=O) groups excluding carboxylic acids is 1. The molecule has 2 aromatic rings. The van der Waals surface area contributed by atoms with Crippen molar-refractivity contribution in [2.24, 2.45) is 0 Å². The third-order valence-corrected chi connectivity index (χ3v) is 2.96. The van der Waals surface area contributed by atoms with E-state index in [0.717, 1.165) is 12.8 Å². The maximum atomic E-state index is 13.7. The molecule has 0 unspecified atom stereocenters. The monoisotopic (exact) mass is 273 g/mol. The van der Waals surface area contributed by atoms with E-state index < -0.39 is 5.82 Å². The summed E-state index contributed by atoms with van der Waals surface area (Å²) in [6.45, 7) is 1.84. The van der Waals surface area contributed by atoms with Crippen molar-refractivity contribution in [3.8, 4) is 5.75 Å². The third-order valence-electron chi connectivity index (χ3n) is 2.96. The maximum absolute atomic E-state index is 13.7. The molecule has 104 valence electrons. The van der Waals surface area contributed by atoms with Crippen molar-refractivity contribution in [2.45, 2.75) is 19.8 Å². The lowest BCUT2D eigenvalue weighted by molar-refractivity contribution is 0.101. The van der Waals surface area contributed by atoms with Crippen LogP contribution in [0.5, 0.6) is 5.75 Å². The Hall–Kier alpha value is -2.23. The van der Waals surface area contributed by atoms with E-state index in [-0.39, 0.29) is 11.5 Å². The SMILES string of the molecule is CC(=O)c1ccc(OCCCc2ccncc2)c(F)c1. The van der Waals surface area contributed by atoms with Crippen LogP contribution in [0.1, 0.15) is 29.3 Å². The topological polar surface area (TPSA) is 39.2 Å². The normalized spacial score (nSPS) is 10.3. The van der Waals surface area contributed by atoms with Crippen molar-refractivity contribution in [3.63, 3.8) is 0 Å². The average Bonchev–Trinajstić information content (AvgIpc) is 2.46. The number of pyridine rings is 1. The zero-order chi connectivity index (χ0) is 14.4. The van der Waals surface area contributed by atoms with Gasteiger partial charge in [0.2, 0.25) is 0 Å². The zero-order valence-electron chi connectivity index (χ0n) is 11.3. The molecule has 0 saturated heterocycles. The zero-order valence-corrected chi connectivity index (χ0v) is 11.3. The van der Waals surface area contributed by atoms with Crippen LogP contribution in [0.25, 0.3) is 0 Å². The van der Waals surface area contributed by atoms with Gasteiger partial charge in [0.15, 0.2) is 17.3 Å². The number of Topliss-reactive ketones (excluding diaryl/α,β-unsaturated/α-hetero) is 1. The predicted octanol–water partition coefficient (Wildman–Crippen LogP) is 3.43. The summed E-state index contributed by atoms with van der Waals surface area (Å²) in [7, 11) is 0. The molecule has 0 amide bonds. The summed E-state index contributed by atoms with van der Waals surface area (Å²) in [6.07, 6.45) is 5.14. The molecule has 0 aliphatic rings. The summed E-state index contributed by atoms with van der Waals surface area (Å²) in [5.41, 5.74) is 1.53. The van der Waals surface area contributed by atoms with Crippen LogP contribution in [0.2, 0.25) is 0 Å². The molecular formula is C16H16FNO2. The number of rotatable bonds is 6. The first-order valence-corrected chi connectivity index (χ1v) is 6.49. The van der Waals surface area contributed by atoms with E-state index >= 15 is 0 Å². The van der Waals surface area contributed by atoms with Gasteiger partial charge in [-0.3, -0.25) is 9.78 Å². The molecule has 0 fully saturated rings. The second kappa shape index (κ2) is 6.80. The quantitative estimate of drug-likeness (QED) is 0.598. The number of hydrogen-bond donors (Lipinski definition) is 0. The lowest BCUT2D eigenvalue weighted by atomic mass is 10.1. The van der Waals surface area contributed by atoms with Crippen molar-refractivity contribution in [2.75, 3.05) is 6.61 Å². The summed E-state index contributed by atoms with van der Waals surface area (Å²) in [6, 6.07) is 8.17. The second-order valence-corrected chi connectivity index (χ2v) is 4.51. The van der Waals surface area contributed by atoms with Crippen LogP contribution in [0.15, 0.2) is 42.7 Å². The number of carbonyl (C=O) groups is 1. The third kappa shape index (κ3) is 3.88. The summed E-state index contributed by atoms with van der Waals surface area (Å²) < 4.78 is 19.1. The summed E-state index contributed by atoms with van der Waals surface area (Å²) >= 11 is 0. The number of ketones is 1. The van der Waals surface area contributed by atoms with Crippen molar-refractivity contribution < 1.29 is 13.9 Å². The summed E-state index contributed by atoms with van der Waals surface area (Å²) in [4.78, 5) is 15.1. The van der Waals surface area contributed by atoms with Gasteiger partial charge in [-0.15, -0.1) is 0 Å². The Balaban J connectivity index is 1.84. The predicted molar refractivity (Wildman–Crippen MR) is 74.5 cm³/mol. The fourth-order valence-electron chi connectivity index (χ4n) is 1.84. The van der Waals surface area contributed by atoms with Crippen LogP contribution in [0.3, 0.4) is 0 Å². The van der Waals surface area contributed by atoms with Crippen molar-refractivity contribution in [1.82, 2.24) is 4.98 Å². The molecule has 0 radical (unpaired) electrons. The van der Waals surface area contributed by atoms with Gasteiger partial charge in [-0.05, 0) is 55.7 Å². The molecule has 0 aliphatic carbocycles. The lowest BCUT2D eigenvalue weighted by Crippen LogP contribution is -2.02. The van der Waals surface area contributed by atoms with Gasteiger partial charge in [0.25, 0.3) is 0 Å². The molecular weight excluding hydrogens is 257 g/mol. The lowest BCUT2D eigenvalue weighted by Gasteiger charge is -2.08. The number of nitrogens with zero attached hydrogens (tertiary/aromatic N) is 1. The molecule has 0 atom stereocenters. The number of hydrogen-bond acceptors (Lipinski definition) is 3. The van der Waals surface area contributed by atoms with E-state index in [1.807, 2.05) is 12.1 Å². The molecule has 20 heavy (non-hydrogen) atoms. The Labute approximate surface area is 117 Å². The largest absolute Gasteiger partial charge is 0.491 e. The minimum atomic E-state index is -0.499. The van der Waals surface area contributed by atoms with Crippen molar-refractivity contribution >= 4 is 5.78 Å². The maximum Gasteiger partial charge on any atom is 0.165 e. The van der Waals surface area contributed by atoms with Crippen LogP contribution in [-0.2, 0) is 6.42 Å². The fraction of sp³-hybridized carbons (Fsp3) is 0.250. The molecule has 0 aliphatic heterocycles. The highest BCUT2D eigenvalue weighted by Crippen LogP contribution is 2.19. The van der Waals surface area contributed by atoms with Crippen LogP contribution < -0.4 is 4.74 Å². The van der Waals surface area contributed by atoms with Gasteiger partial charge in [0.1, 0.15) is 0 Å². The number of ether oxygens (including phenoxy) is 1. The van der Waals surface area contributed by atoms with Gasteiger partial charge in [0, 0.05) is 18.0 Å². The fourth-order valence-corrected chi connectivity index (χ4v) is 1.84. The molecule has 2 rings (SSSR count). The molecule has 4 heteroatoms. The van der Waals surface area contributed by atoms with E-state index in [0.29, 0.717) is 12.2 Å². The standard InChI is InChI=1S/C16H16FNO2/c1-12(19)14-4-5-16(15(17)11-14)20-10-2-3-13-6-8-18-9-7-13/h4-9,11H,2-3,10H2,1H3. The molecule has 0 bridgehead atoms. The summed E-state index contributed by atoms with van der Waals surface area (Å²) in [5, 5.41) is 0. The van der Waals surface area contributed by atoms with E-state index in [4.69, 9.17) is 4.74 Å². The number of aryl methyl sites for hydroxylation is 1. The van der Waals surface area contributed by atoms with Gasteiger partial charge in [-0.2, -0.15) is 0 Å². The number of aromatic nitrogens is 1. The molecule has 1 heterocycles. The Morgan fingerprint density at radius 2 is 2.00 bits per heavy atom. The van der Waals surface area contributed by atoms with Crippen LogP contribution >= 0.6 is 0 Å². The van der Waals surface area contributed by atoms with Crippen LogP contribution in [-0.4, -0.2) is 17.4 Å². The Morgan fingerprint density at radius 1 is 1.25 bits per heavy atom. The van der Waals surface area contributed by atoms with Gasteiger partial charge in [-0.25, -0.2) is 4.39 Å². The Morgan fingerprint density at radius 3 is 2.65 bits per heavy atom. The minimum absolute atomic E-state index is 0.159. The van der Waals surface area contributed by atoms with Crippen molar-refractivity contribution in [1.29, 1.82) is 0 Å². The number of halogens is 1. The van der Waals surface area contributed by atoms with E-state index in [1.165, 1.54) is 24.6 Å². The minimum Gasteiger partial charge on any atom is -0.491 e. The molecule has 3 nitrogen and oxygen atoms in total. The Kier molecular flexibility index (Phi) is 4.82. The first-order chi connectivity index (χ1) is 9.66. The van der Waals surface area contributed by atoms with Crippen LogP contribution in [0, 0.1) is 5.82 Å². The highest BCUT2D eigenvalue weighted by Gasteiger charge is 2.07. The van der Waals surface area contributed by atoms with E-state index in [1.54, 1.807) is 18.5 Å². The van der Waals surface area contributed by atoms with Crippen molar-refractivity contribution in [3.05, 3.63) is 59.7 Å². The highest BCUT2D eigenvalue weighted by molar-refractivity contribution is 5.94. The Bertz CT molecular complexity index is 584. The molecule has 0 N–H and O–H groups in total. The first kappa shape index (κ1) is 14.2. The highest BCUT2D eigenvalue weighted by atomic mass is 19.1. The molecule has 1 aromatic heterocycles. The van der Waals surface area contributed by atoms with Gasteiger partial charge >= 0.3 is 0 Å². The van der Waals surface area contributed by atoms with E-state index in [9.17, 15) is 9.18 Å². The molecule has 1 aromatic carbocycles. The molecule has 0 saturated carbocycles. The van der Waals surface area contributed by atoms with E-state index in [2.05, 4.69) is 4.98 Å².